The molecule has 1 aromatic carbocycles. The van der Waals surface area contributed by atoms with Gasteiger partial charge in [0.1, 0.15) is 11.9 Å². The summed E-state index contributed by atoms with van der Waals surface area (Å²) in [5.74, 6) is 0.626. The number of rotatable bonds is 5. The molecule has 2 aliphatic rings. The zero-order chi connectivity index (χ0) is 19.5. The van der Waals surface area contributed by atoms with Gasteiger partial charge in [-0.25, -0.2) is 0 Å². The predicted octanol–water partition coefficient (Wildman–Crippen LogP) is 3.24. The van der Waals surface area contributed by atoms with Crippen LogP contribution in [0.4, 0.5) is 0 Å². The SMILES string of the molecule is C1COCCN1.CCC1Oc2ccccc2C(=O)C1(CCC#N)CCC#N. The molecule has 1 aromatic rings. The number of nitriles is 2. The van der Waals surface area contributed by atoms with Gasteiger partial charge in [0.15, 0.2) is 5.78 Å². The number of carbonyl (C=O) groups is 1. The number of fused-ring (bicyclic) bond motifs is 1. The molecular formula is C21H27N3O3. The standard InChI is InChI=1S/C17H18N2O2.C4H9NO/c1-2-15-17(9-5-11-18,10-6-12-19)16(20)13-7-3-4-8-14(13)21-15;1-3-6-4-2-5-1/h3-4,7-8,15H,2,5-6,9-10H2,1H3;5H,1-4H2. The van der Waals surface area contributed by atoms with Crippen molar-refractivity contribution in [2.75, 3.05) is 26.3 Å². The van der Waals surface area contributed by atoms with E-state index >= 15 is 0 Å². The number of para-hydroxylation sites is 1. The van der Waals surface area contributed by atoms with Gasteiger partial charge in [-0.1, -0.05) is 19.1 Å². The third-order valence-corrected chi connectivity index (χ3v) is 5.05. The van der Waals surface area contributed by atoms with Crippen molar-refractivity contribution in [3.63, 3.8) is 0 Å². The number of ketones is 1. The monoisotopic (exact) mass is 369 g/mol. The second kappa shape index (κ2) is 10.7. The highest BCUT2D eigenvalue weighted by molar-refractivity contribution is 6.04. The third-order valence-electron chi connectivity index (χ3n) is 5.05. The first kappa shape index (κ1) is 20.9. The number of hydrogen-bond acceptors (Lipinski definition) is 6. The molecule has 1 unspecified atom stereocenters. The Balaban J connectivity index is 0.000000369. The number of Topliss-reactive ketones (excluding diaryl/α,β-unsaturated/α-hetero) is 1. The molecule has 6 nitrogen and oxygen atoms in total. The summed E-state index contributed by atoms with van der Waals surface area (Å²) in [6.07, 6.45) is 1.87. The van der Waals surface area contributed by atoms with Gasteiger partial charge in [-0.05, 0) is 31.4 Å². The van der Waals surface area contributed by atoms with Gasteiger partial charge in [-0.2, -0.15) is 10.5 Å². The van der Waals surface area contributed by atoms with Gasteiger partial charge < -0.3 is 14.8 Å². The van der Waals surface area contributed by atoms with Crippen LogP contribution in [0.15, 0.2) is 24.3 Å². The molecule has 1 fully saturated rings. The molecule has 0 saturated carbocycles. The van der Waals surface area contributed by atoms with Crippen LogP contribution < -0.4 is 10.1 Å². The molecule has 0 aromatic heterocycles. The minimum absolute atomic E-state index is 0.0155. The zero-order valence-electron chi connectivity index (χ0n) is 15.9. The van der Waals surface area contributed by atoms with E-state index in [1.54, 1.807) is 12.1 Å². The van der Waals surface area contributed by atoms with Crippen molar-refractivity contribution >= 4 is 5.78 Å². The number of carbonyl (C=O) groups excluding carboxylic acids is 1. The van der Waals surface area contributed by atoms with Crippen LogP contribution >= 0.6 is 0 Å². The lowest BCUT2D eigenvalue weighted by Crippen LogP contribution is -2.48. The van der Waals surface area contributed by atoms with Crippen LogP contribution in [0.5, 0.6) is 5.75 Å². The molecule has 2 aliphatic heterocycles. The summed E-state index contributed by atoms with van der Waals surface area (Å²) in [4.78, 5) is 13.0. The number of ether oxygens (including phenoxy) is 2. The second-order valence-corrected chi connectivity index (χ2v) is 6.67. The molecule has 1 N–H and O–H groups in total. The number of hydrogen-bond donors (Lipinski definition) is 1. The first-order valence-corrected chi connectivity index (χ1v) is 9.52. The van der Waals surface area contributed by atoms with Crippen LogP contribution in [-0.2, 0) is 4.74 Å². The van der Waals surface area contributed by atoms with E-state index in [0.717, 1.165) is 26.3 Å². The lowest BCUT2D eigenvalue weighted by molar-refractivity contribution is 0.0165. The van der Waals surface area contributed by atoms with E-state index in [9.17, 15) is 4.79 Å². The fraction of sp³-hybridized carbons (Fsp3) is 0.571. The highest BCUT2D eigenvalue weighted by Gasteiger charge is 2.49. The van der Waals surface area contributed by atoms with Gasteiger partial charge in [0, 0.05) is 25.9 Å². The Labute approximate surface area is 161 Å². The summed E-state index contributed by atoms with van der Waals surface area (Å²) in [6.45, 7) is 5.80. The summed E-state index contributed by atoms with van der Waals surface area (Å²) in [6, 6.07) is 11.4. The maximum atomic E-state index is 13.0. The van der Waals surface area contributed by atoms with E-state index in [0.29, 0.717) is 43.4 Å². The van der Waals surface area contributed by atoms with Gasteiger partial charge in [-0.3, -0.25) is 4.79 Å². The molecule has 0 aliphatic carbocycles. The Morgan fingerprint density at radius 2 is 1.78 bits per heavy atom. The molecule has 0 amide bonds. The summed E-state index contributed by atoms with van der Waals surface area (Å²) in [5.41, 5.74) is -0.188. The smallest absolute Gasteiger partial charge is 0.176 e. The van der Waals surface area contributed by atoms with E-state index in [1.807, 2.05) is 19.1 Å². The largest absolute Gasteiger partial charge is 0.489 e. The Hall–Kier alpha value is -2.41. The molecule has 2 heterocycles. The van der Waals surface area contributed by atoms with Gasteiger partial charge >= 0.3 is 0 Å². The van der Waals surface area contributed by atoms with Crippen LogP contribution in [0.25, 0.3) is 0 Å². The van der Waals surface area contributed by atoms with Crippen molar-refractivity contribution in [1.82, 2.24) is 5.32 Å². The zero-order valence-corrected chi connectivity index (χ0v) is 15.9. The summed E-state index contributed by atoms with van der Waals surface area (Å²) >= 11 is 0. The first-order chi connectivity index (χ1) is 13.2. The molecule has 27 heavy (non-hydrogen) atoms. The molecule has 0 spiro atoms. The van der Waals surface area contributed by atoms with E-state index in [4.69, 9.17) is 20.0 Å². The lowest BCUT2D eigenvalue weighted by Gasteiger charge is -2.42. The van der Waals surface area contributed by atoms with Crippen LogP contribution in [0.2, 0.25) is 0 Å². The van der Waals surface area contributed by atoms with Crippen LogP contribution in [0.1, 0.15) is 49.4 Å². The topological polar surface area (TPSA) is 95.1 Å². The van der Waals surface area contributed by atoms with Crippen LogP contribution in [0, 0.1) is 28.1 Å². The maximum Gasteiger partial charge on any atom is 0.176 e. The van der Waals surface area contributed by atoms with Crippen molar-refractivity contribution in [1.29, 1.82) is 10.5 Å². The van der Waals surface area contributed by atoms with Crippen molar-refractivity contribution in [2.24, 2.45) is 5.41 Å². The maximum absolute atomic E-state index is 13.0. The summed E-state index contributed by atoms with van der Waals surface area (Å²) in [7, 11) is 0. The molecule has 1 saturated heterocycles. The highest BCUT2D eigenvalue weighted by atomic mass is 16.5. The number of morpholine rings is 1. The third kappa shape index (κ3) is 5.07. The van der Waals surface area contributed by atoms with Crippen molar-refractivity contribution in [3.8, 4) is 17.9 Å². The Bertz CT molecular complexity index is 672. The molecule has 144 valence electrons. The first-order valence-electron chi connectivity index (χ1n) is 9.52. The molecule has 0 radical (unpaired) electrons. The molecule has 1 atom stereocenters. The van der Waals surface area contributed by atoms with E-state index in [1.165, 1.54) is 0 Å². The average molecular weight is 369 g/mol. The van der Waals surface area contributed by atoms with Crippen molar-refractivity contribution in [3.05, 3.63) is 29.8 Å². The quantitative estimate of drug-likeness (QED) is 0.856. The Kier molecular flexibility index (Phi) is 8.26. The second-order valence-electron chi connectivity index (χ2n) is 6.67. The number of benzene rings is 1. The predicted molar refractivity (Wildman–Crippen MR) is 101 cm³/mol. The number of nitrogens with zero attached hydrogens (tertiary/aromatic N) is 2. The highest BCUT2D eigenvalue weighted by Crippen LogP contribution is 2.46. The van der Waals surface area contributed by atoms with Crippen LogP contribution in [0.3, 0.4) is 0 Å². The minimum Gasteiger partial charge on any atom is -0.489 e. The van der Waals surface area contributed by atoms with Gasteiger partial charge in [0.05, 0.1) is 36.3 Å². The fourth-order valence-electron chi connectivity index (χ4n) is 3.66. The fourth-order valence-corrected chi connectivity index (χ4v) is 3.66. The Morgan fingerprint density at radius 1 is 1.15 bits per heavy atom. The van der Waals surface area contributed by atoms with E-state index < -0.39 is 5.41 Å². The van der Waals surface area contributed by atoms with E-state index in [2.05, 4.69) is 17.5 Å². The van der Waals surface area contributed by atoms with Crippen molar-refractivity contribution in [2.45, 2.75) is 45.1 Å². The molecule has 3 rings (SSSR count). The normalized spacial score (nSPS) is 20.1. The molecule has 6 heteroatoms. The summed E-state index contributed by atoms with van der Waals surface area (Å²) in [5, 5.41) is 21.0. The van der Waals surface area contributed by atoms with Gasteiger partial charge in [-0.15, -0.1) is 0 Å². The van der Waals surface area contributed by atoms with E-state index in [-0.39, 0.29) is 11.9 Å². The van der Waals surface area contributed by atoms with Gasteiger partial charge in [0.2, 0.25) is 0 Å². The minimum atomic E-state index is -0.755. The Morgan fingerprint density at radius 3 is 2.26 bits per heavy atom. The van der Waals surface area contributed by atoms with Gasteiger partial charge in [0.25, 0.3) is 0 Å². The van der Waals surface area contributed by atoms with Crippen LogP contribution in [-0.4, -0.2) is 38.2 Å². The lowest BCUT2D eigenvalue weighted by atomic mass is 9.67. The molecule has 0 bridgehead atoms. The average Bonchev–Trinajstić information content (AvgIpc) is 2.74. The summed E-state index contributed by atoms with van der Waals surface area (Å²) < 4.78 is 11.0. The number of nitrogens with one attached hydrogen (secondary N) is 1. The molecular weight excluding hydrogens is 342 g/mol. The van der Waals surface area contributed by atoms with Crippen molar-refractivity contribution < 1.29 is 14.3 Å².